The van der Waals surface area contributed by atoms with E-state index in [0.29, 0.717) is 13.0 Å². The maximum atomic E-state index is 11.6. The highest BCUT2D eigenvalue weighted by Gasteiger charge is 2.21. The fourth-order valence-electron chi connectivity index (χ4n) is 3.58. The minimum Gasteiger partial charge on any atom is -0.494 e. The number of ether oxygens (including phenoxy) is 2. The van der Waals surface area contributed by atoms with Crippen molar-refractivity contribution in [2.75, 3.05) is 13.2 Å². The summed E-state index contributed by atoms with van der Waals surface area (Å²) in [4.78, 5) is 11.6. The number of benzene rings is 1. The molecule has 1 saturated carbocycles. The van der Waals surface area contributed by atoms with Gasteiger partial charge in [0.2, 0.25) is 0 Å². The second-order valence-electron chi connectivity index (χ2n) is 8.67. The SMILES string of the molecule is CCCCCCCCCCCCOc1ccc(/C=C/COC(=O)CCC2CC2)cc1. The van der Waals surface area contributed by atoms with Crippen molar-refractivity contribution in [2.24, 2.45) is 5.92 Å². The van der Waals surface area contributed by atoms with E-state index in [2.05, 4.69) is 6.92 Å². The molecule has 2 rings (SSSR count). The molecule has 1 aromatic rings. The van der Waals surface area contributed by atoms with Gasteiger partial charge in [0.1, 0.15) is 12.4 Å². The number of carbonyl (C=O) groups excluding carboxylic acids is 1. The molecule has 0 heterocycles. The summed E-state index contributed by atoms with van der Waals surface area (Å²) in [7, 11) is 0. The Morgan fingerprint density at radius 1 is 0.933 bits per heavy atom. The van der Waals surface area contributed by atoms with Crippen LogP contribution in [0.25, 0.3) is 6.08 Å². The van der Waals surface area contributed by atoms with Crippen LogP contribution in [0.5, 0.6) is 5.75 Å². The molecule has 0 spiro atoms. The molecule has 0 aromatic heterocycles. The fourth-order valence-corrected chi connectivity index (χ4v) is 3.58. The molecule has 0 atom stereocenters. The first-order valence-corrected chi connectivity index (χ1v) is 12.3. The molecule has 1 fully saturated rings. The minimum absolute atomic E-state index is 0.0812. The highest BCUT2D eigenvalue weighted by molar-refractivity contribution is 5.69. The van der Waals surface area contributed by atoms with Gasteiger partial charge in [0.25, 0.3) is 0 Å². The second-order valence-corrected chi connectivity index (χ2v) is 8.67. The van der Waals surface area contributed by atoms with Crippen LogP contribution in [0, 0.1) is 5.92 Å². The molecule has 0 unspecified atom stereocenters. The Kier molecular flexibility index (Phi) is 13.1. The smallest absolute Gasteiger partial charge is 0.306 e. The molecule has 1 aliphatic carbocycles. The van der Waals surface area contributed by atoms with Crippen LogP contribution in [0.1, 0.15) is 102 Å². The summed E-state index contributed by atoms with van der Waals surface area (Å²) in [5, 5.41) is 0. The van der Waals surface area contributed by atoms with Crippen molar-refractivity contribution in [3.8, 4) is 5.75 Å². The molecule has 0 radical (unpaired) electrons. The maximum absolute atomic E-state index is 11.6. The minimum atomic E-state index is -0.0812. The average Bonchev–Trinajstić information content (AvgIpc) is 3.59. The Morgan fingerprint density at radius 3 is 2.20 bits per heavy atom. The number of unbranched alkanes of at least 4 members (excludes halogenated alkanes) is 9. The molecule has 3 heteroatoms. The molecule has 0 amide bonds. The van der Waals surface area contributed by atoms with E-state index in [9.17, 15) is 4.79 Å². The monoisotopic (exact) mass is 414 g/mol. The van der Waals surface area contributed by atoms with Crippen LogP contribution in [-0.4, -0.2) is 19.2 Å². The Morgan fingerprint density at radius 2 is 1.57 bits per heavy atom. The molecule has 0 bridgehead atoms. The summed E-state index contributed by atoms with van der Waals surface area (Å²) in [5.74, 6) is 1.62. The lowest BCUT2D eigenvalue weighted by Gasteiger charge is -2.06. The highest BCUT2D eigenvalue weighted by Crippen LogP contribution is 2.33. The second kappa shape index (κ2) is 16.0. The fraction of sp³-hybridized carbons (Fsp3) is 0.667. The van der Waals surface area contributed by atoms with Crippen molar-refractivity contribution in [2.45, 2.75) is 96.8 Å². The van der Waals surface area contributed by atoms with E-state index in [-0.39, 0.29) is 5.97 Å². The molecule has 1 aliphatic rings. The van der Waals surface area contributed by atoms with Crippen LogP contribution >= 0.6 is 0 Å². The van der Waals surface area contributed by atoms with E-state index in [0.717, 1.165) is 36.7 Å². The van der Waals surface area contributed by atoms with Gasteiger partial charge in [-0.3, -0.25) is 4.79 Å². The standard InChI is InChI=1S/C27H42O3/c1-2-3-4-5-6-7-8-9-10-11-22-29-26-19-16-24(17-20-26)13-12-23-30-27(28)21-18-25-14-15-25/h12-13,16-17,19-20,25H,2-11,14-15,18,21-23H2,1H3/b13-12+. The van der Waals surface area contributed by atoms with Crippen molar-refractivity contribution in [3.05, 3.63) is 35.9 Å². The lowest BCUT2D eigenvalue weighted by molar-refractivity contribution is -0.142. The average molecular weight is 415 g/mol. The largest absolute Gasteiger partial charge is 0.494 e. The van der Waals surface area contributed by atoms with E-state index in [1.165, 1.54) is 70.6 Å². The maximum Gasteiger partial charge on any atom is 0.306 e. The molecule has 0 saturated heterocycles. The van der Waals surface area contributed by atoms with Crippen molar-refractivity contribution in [1.29, 1.82) is 0 Å². The predicted molar refractivity (Wildman–Crippen MR) is 126 cm³/mol. The molecule has 0 aliphatic heterocycles. The van der Waals surface area contributed by atoms with Gasteiger partial charge in [-0.25, -0.2) is 0 Å². The van der Waals surface area contributed by atoms with Crippen molar-refractivity contribution < 1.29 is 14.3 Å². The first-order valence-electron chi connectivity index (χ1n) is 12.3. The molecule has 30 heavy (non-hydrogen) atoms. The summed E-state index contributed by atoms with van der Waals surface area (Å²) in [6, 6.07) is 8.10. The Balaban J connectivity index is 1.44. The molecule has 168 valence electrons. The van der Waals surface area contributed by atoms with E-state index in [1.807, 2.05) is 36.4 Å². The van der Waals surface area contributed by atoms with Crippen molar-refractivity contribution in [1.82, 2.24) is 0 Å². The van der Waals surface area contributed by atoms with Gasteiger partial charge in [-0.1, -0.05) is 95.8 Å². The van der Waals surface area contributed by atoms with E-state index in [4.69, 9.17) is 9.47 Å². The first kappa shape index (κ1) is 24.5. The summed E-state index contributed by atoms with van der Waals surface area (Å²) < 4.78 is 11.1. The predicted octanol–water partition coefficient (Wildman–Crippen LogP) is 7.73. The first-order chi connectivity index (χ1) is 14.8. The Bertz CT molecular complexity index is 587. The molecular formula is C27H42O3. The van der Waals surface area contributed by atoms with Gasteiger partial charge in [-0.15, -0.1) is 0 Å². The van der Waals surface area contributed by atoms with Crippen molar-refractivity contribution >= 4 is 12.0 Å². The quantitative estimate of drug-likeness (QED) is 0.182. The summed E-state index contributed by atoms with van der Waals surface area (Å²) >= 11 is 0. The molecular weight excluding hydrogens is 372 g/mol. The highest BCUT2D eigenvalue weighted by atomic mass is 16.5. The molecule has 3 nitrogen and oxygen atoms in total. The lowest BCUT2D eigenvalue weighted by Crippen LogP contribution is -2.04. The summed E-state index contributed by atoms with van der Waals surface area (Å²) in [5.41, 5.74) is 1.09. The van der Waals surface area contributed by atoms with Gasteiger partial charge >= 0.3 is 5.97 Å². The Labute approximate surface area is 184 Å². The van der Waals surface area contributed by atoms with Crippen molar-refractivity contribution in [3.63, 3.8) is 0 Å². The zero-order valence-electron chi connectivity index (χ0n) is 19.1. The van der Waals surface area contributed by atoms with Crippen LogP contribution in [0.2, 0.25) is 0 Å². The summed E-state index contributed by atoms with van der Waals surface area (Å²) in [6.07, 6.45) is 21.4. The van der Waals surface area contributed by atoms with Gasteiger partial charge in [0, 0.05) is 6.42 Å². The zero-order chi connectivity index (χ0) is 21.3. The number of esters is 1. The third-order valence-corrected chi connectivity index (χ3v) is 5.75. The molecule has 1 aromatic carbocycles. The third-order valence-electron chi connectivity index (χ3n) is 5.75. The zero-order valence-corrected chi connectivity index (χ0v) is 19.1. The Hall–Kier alpha value is -1.77. The van der Waals surface area contributed by atoms with Crippen LogP contribution in [-0.2, 0) is 9.53 Å². The summed E-state index contributed by atoms with van der Waals surface area (Å²) in [6.45, 7) is 3.41. The van der Waals surface area contributed by atoms with Gasteiger partial charge in [0.05, 0.1) is 6.61 Å². The normalized spacial score (nSPS) is 13.6. The van der Waals surface area contributed by atoms with Gasteiger partial charge < -0.3 is 9.47 Å². The third kappa shape index (κ3) is 12.7. The topological polar surface area (TPSA) is 35.5 Å². The molecule has 0 N–H and O–H groups in total. The van der Waals surface area contributed by atoms with E-state index < -0.39 is 0 Å². The number of hydrogen-bond donors (Lipinski definition) is 0. The number of hydrogen-bond acceptors (Lipinski definition) is 3. The van der Waals surface area contributed by atoms with E-state index in [1.54, 1.807) is 0 Å². The van der Waals surface area contributed by atoms with Crippen LogP contribution in [0.3, 0.4) is 0 Å². The van der Waals surface area contributed by atoms with Gasteiger partial charge in [-0.2, -0.15) is 0 Å². The van der Waals surface area contributed by atoms with Gasteiger partial charge in [-0.05, 0) is 42.5 Å². The van der Waals surface area contributed by atoms with Crippen LogP contribution in [0.4, 0.5) is 0 Å². The number of carbonyl (C=O) groups is 1. The van der Waals surface area contributed by atoms with Gasteiger partial charge in [0.15, 0.2) is 0 Å². The van der Waals surface area contributed by atoms with Crippen LogP contribution < -0.4 is 4.74 Å². The van der Waals surface area contributed by atoms with Crippen LogP contribution in [0.15, 0.2) is 30.3 Å². The van der Waals surface area contributed by atoms with E-state index >= 15 is 0 Å². The lowest BCUT2D eigenvalue weighted by atomic mass is 10.1. The number of rotatable bonds is 18.